The zero-order valence-electron chi connectivity index (χ0n) is 16.4. The van der Waals surface area contributed by atoms with Crippen molar-refractivity contribution in [1.29, 1.82) is 0 Å². The second-order valence-electron chi connectivity index (χ2n) is 6.34. The Balaban J connectivity index is 2.36. The first-order valence-corrected chi connectivity index (χ1v) is 11.2. The van der Waals surface area contributed by atoms with E-state index in [9.17, 15) is 13.2 Å². The van der Waals surface area contributed by atoms with Crippen molar-refractivity contribution in [3.63, 3.8) is 0 Å². The fourth-order valence-electron chi connectivity index (χ4n) is 2.90. The Morgan fingerprint density at radius 3 is 2.29 bits per heavy atom. The van der Waals surface area contributed by atoms with E-state index in [1.54, 1.807) is 31.2 Å². The fraction of sp³-hybridized carbons (Fsp3) is 0.350. The van der Waals surface area contributed by atoms with Gasteiger partial charge in [0.15, 0.2) is 0 Å². The summed E-state index contributed by atoms with van der Waals surface area (Å²) in [5.74, 6) is 0.0106. The van der Waals surface area contributed by atoms with Crippen molar-refractivity contribution in [2.24, 2.45) is 0 Å². The summed E-state index contributed by atoms with van der Waals surface area (Å²) in [5.41, 5.74) is 2.06. The number of halogens is 1. The fourth-order valence-corrected chi connectivity index (χ4v) is 4.36. The highest BCUT2D eigenvalue weighted by molar-refractivity contribution is 7.92. The molecule has 0 unspecified atom stereocenters. The number of sulfonamides is 1. The summed E-state index contributed by atoms with van der Waals surface area (Å²) in [4.78, 5) is 12.9. The van der Waals surface area contributed by atoms with Gasteiger partial charge >= 0.3 is 0 Å². The highest BCUT2D eigenvalue weighted by Gasteiger charge is 2.32. The third kappa shape index (κ3) is 5.17. The molecule has 2 rings (SSSR count). The van der Waals surface area contributed by atoms with Gasteiger partial charge in [0.1, 0.15) is 11.8 Å². The van der Waals surface area contributed by atoms with Crippen LogP contribution in [0.1, 0.15) is 25.8 Å². The maximum atomic E-state index is 12.9. The van der Waals surface area contributed by atoms with Crippen molar-refractivity contribution in [3.05, 3.63) is 53.1 Å². The second-order valence-corrected chi connectivity index (χ2v) is 8.61. The van der Waals surface area contributed by atoms with Crippen LogP contribution in [0, 0.1) is 0 Å². The summed E-state index contributed by atoms with van der Waals surface area (Å²) >= 11 is 6.16. The smallest absolute Gasteiger partial charge is 0.248 e. The number of methoxy groups -OCH3 is 1. The van der Waals surface area contributed by atoms with Gasteiger partial charge in [-0.1, -0.05) is 37.6 Å². The molecule has 6 nitrogen and oxygen atoms in total. The van der Waals surface area contributed by atoms with E-state index in [4.69, 9.17) is 16.3 Å². The molecule has 0 saturated carbocycles. The van der Waals surface area contributed by atoms with E-state index >= 15 is 0 Å². The van der Waals surface area contributed by atoms with E-state index in [0.29, 0.717) is 17.1 Å². The maximum absolute atomic E-state index is 12.9. The van der Waals surface area contributed by atoms with Crippen LogP contribution in [0.4, 0.5) is 11.4 Å². The minimum absolute atomic E-state index is 0.263. The summed E-state index contributed by atoms with van der Waals surface area (Å²) in [6.07, 6.45) is 2.25. The summed E-state index contributed by atoms with van der Waals surface area (Å²) in [6.45, 7) is 3.80. The largest absolute Gasteiger partial charge is 0.495 e. The third-order valence-electron chi connectivity index (χ3n) is 4.35. The number of carbonyl (C=O) groups is 1. The number of carbonyl (C=O) groups excluding carboxylic acids is 1. The Kier molecular flexibility index (Phi) is 7.32. The average Bonchev–Trinajstić information content (AvgIpc) is 2.65. The van der Waals surface area contributed by atoms with Crippen molar-refractivity contribution in [1.82, 2.24) is 0 Å². The molecule has 0 aliphatic heterocycles. The van der Waals surface area contributed by atoms with Gasteiger partial charge in [-0.05, 0) is 48.7 Å². The SMILES string of the molecule is CCc1ccc(NC(=O)[C@H](CC)N(c2ccc(OC)c(Cl)c2)S(C)(=O)=O)cc1. The molecule has 0 spiro atoms. The van der Waals surface area contributed by atoms with Gasteiger partial charge in [-0.3, -0.25) is 9.10 Å². The topological polar surface area (TPSA) is 75.7 Å². The van der Waals surface area contributed by atoms with Crippen LogP contribution in [0.15, 0.2) is 42.5 Å². The van der Waals surface area contributed by atoms with Gasteiger partial charge in [0.2, 0.25) is 15.9 Å². The monoisotopic (exact) mass is 424 g/mol. The Morgan fingerprint density at radius 2 is 1.82 bits per heavy atom. The molecule has 28 heavy (non-hydrogen) atoms. The number of rotatable bonds is 8. The van der Waals surface area contributed by atoms with Gasteiger partial charge < -0.3 is 10.1 Å². The van der Waals surface area contributed by atoms with Crippen LogP contribution in [0.3, 0.4) is 0 Å². The number of amides is 1. The molecule has 2 aromatic carbocycles. The van der Waals surface area contributed by atoms with E-state index < -0.39 is 22.0 Å². The maximum Gasteiger partial charge on any atom is 0.248 e. The summed E-state index contributed by atoms with van der Waals surface area (Å²) in [7, 11) is -2.27. The quantitative estimate of drug-likeness (QED) is 0.692. The standard InChI is InChI=1S/C20H25ClN2O4S/c1-5-14-7-9-15(10-8-14)22-20(24)18(6-2)23(28(4,25)26)16-11-12-19(27-3)17(21)13-16/h7-13,18H,5-6H2,1-4H3,(H,22,24)/t18-/m0/s1. The van der Waals surface area contributed by atoms with Crippen LogP contribution in [0.25, 0.3) is 0 Å². The lowest BCUT2D eigenvalue weighted by Crippen LogP contribution is -2.47. The van der Waals surface area contributed by atoms with Crippen molar-refractivity contribution >= 4 is 38.9 Å². The minimum atomic E-state index is -3.74. The van der Waals surface area contributed by atoms with E-state index in [0.717, 1.165) is 22.5 Å². The molecule has 1 atom stereocenters. The van der Waals surface area contributed by atoms with E-state index in [1.165, 1.54) is 13.2 Å². The molecule has 8 heteroatoms. The molecule has 0 aliphatic carbocycles. The van der Waals surface area contributed by atoms with Crippen LogP contribution >= 0.6 is 11.6 Å². The summed E-state index contributed by atoms with van der Waals surface area (Å²) in [6, 6.07) is 11.2. The summed E-state index contributed by atoms with van der Waals surface area (Å²) < 4.78 is 31.2. The van der Waals surface area contributed by atoms with Gasteiger partial charge in [-0.15, -0.1) is 0 Å². The molecule has 0 saturated heterocycles. The Morgan fingerprint density at radius 1 is 1.18 bits per heavy atom. The molecule has 0 bridgehead atoms. The van der Waals surface area contributed by atoms with E-state index in [1.807, 2.05) is 19.1 Å². The number of nitrogens with zero attached hydrogens (tertiary/aromatic N) is 1. The third-order valence-corrected chi connectivity index (χ3v) is 5.82. The van der Waals surface area contributed by atoms with Gasteiger partial charge in [0.05, 0.1) is 24.1 Å². The molecule has 0 radical (unpaired) electrons. The molecule has 0 fully saturated rings. The lowest BCUT2D eigenvalue weighted by atomic mass is 10.1. The van der Waals surface area contributed by atoms with Gasteiger partial charge in [0, 0.05) is 5.69 Å². The van der Waals surface area contributed by atoms with Crippen LogP contribution in [0.5, 0.6) is 5.75 Å². The van der Waals surface area contributed by atoms with Crippen molar-refractivity contribution in [2.75, 3.05) is 23.0 Å². The van der Waals surface area contributed by atoms with Crippen molar-refractivity contribution in [2.45, 2.75) is 32.7 Å². The number of ether oxygens (including phenoxy) is 1. The molecule has 152 valence electrons. The highest BCUT2D eigenvalue weighted by Crippen LogP contribution is 2.32. The normalized spacial score (nSPS) is 12.3. The Hall–Kier alpha value is -2.25. The first kappa shape index (κ1) is 22.0. The van der Waals surface area contributed by atoms with Gasteiger partial charge in [0.25, 0.3) is 0 Å². The summed E-state index contributed by atoms with van der Waals surface area (Å²) in [5, 5.41) is 3.06. The zero-order valence-corrected chi connectivity index (χ0v) is 18.0. The van der Waals surface area contributed by atoms with Crippen LogP contribution < -0.4 is 14.4 Å². The molecule has 1 amide bonds. The number of benzene rings is 2. The zero-order chi connectivity index (χ0) is 20.9. The van der Waals surface area contributed by atoms with Gasteiger partial charge in [-0.25, -0.2) is 8.42 Å². The molecule has 0 heterocycles. The molecule has 1 N–H and O–H groups in total. The van der Waals surface area contributed by atoms with Crippen molar-refractivity contribution in [3.8, 4) is 5.75 Å². The Bertz CT molecular complexity index is 930. The molecular formula is C20H25ClN2O4S. The average molecular weight is 425 g/mol. The van der Waals surface area contributed by atoms with Crippen molar-refractivity contribution < 1.29 is 17.9 Å². The number of anilines is 2. The van der Waals surface area contributed by atoms with Crippen LogP contribution in [-0.2, 0) is 21.2 Å². The van der Waals surface area contributed by atoms with E-state index in [2.05, 4.69) is 5.32 Å². The first-order chi connectivity index (χ1) is 13.2. The van der Waals surface area contributed by atoms with Gasteiger partial charge in [-0.2, -0.15) is 0 Å². The lowest BCUT2D eigenvalue weighted by Gasteiger charge is -2.30. The number of hydrogen-bond acceptors (Lipinski definition) is 4. The molecule has 0 aliphatic rings. The van der Waals surface area contributed by atoms with Crippen LogP contribution in [-0.4, -0.2) is 33.7 Å². The predicted molar refractivity (Wildman–Crippen MR) is 114 cm³/mol. The number of nitrogens with one attached hydrogen (secondary N) is 1. The Labute approximate surface area is 171 Å². The highest BCUT2D eigenvalue weighted by atomic mass is 35.5. The molecule has 0 aromatic heterocycles. The molecular weight excluding hydrogens is 400 g/mol. The number of aryl methyl sites for hydroxylation is 1. The second kappa shape index (κ2) is 9.30. The number of hydrogen-bond donors (Lipinski definition) is 1. The first-order valence-electron chi connectivity index (χ1n) is 8.94. The minimum Gasteiger partial charge on any atom is -0.495 e. The van der Waals surface area contributed by atoms with Crippen LogP contribution in [0.2, 0.25) is 5.02 Å². The lowest BCUT2D eigenvalue weighted by molar-refractivity contribution is -0.117. The van der Waals surface area contributed by atoms with E-state index in [-0.39, 0.29) is 11.4 Å². The molecule has 2 aromatic rings. The predicted octanol–water partition coefficient (Wildman–Crippen LogP) is 4.09.